The van der Waals surface area contributed by atoms with E-state index in [2.05, 4.69) is 4.99 Å². The summed E-state index contributed by atoms with van der Waals surface area (Å²) < 4.78 is 46.9. The molecule has 0 radical (unpaired) electrons. The van der Waals surface area contributed by atoms with E-state index in [9.17, 15) is 18.0 Å². The largest absolute Gasteiger partial charge is 0.444 e. The number of carbonyl (C=O) groups excluding carboxylic acids is 1. The molecule has 31 heavy (non-hydrogen) atoms. The lowest BCUT2D eigenvalue weighted by atomic mass is 9.97. The number of piperazine rings is 1. The van der Waals surface area contributed by atoms with E-state index in [1.807, 2.05) is 18.7 Å². The fraction of sp³-hybridized carbons (Fsp3) is 0.652. The van der Waals surface area contributed by atoms with Crippen molar-refractivity contribution in [3.05, 3.63) is 35.2 Å². The van der Waals surface area contributed by atoms with Crippen LogP contribution in [0.4, 0.5) is 18.0 Å². The first kappa shape index (κ1) is 26.8. The van der Waals surface area contributed by atoms with Crippen molar-refractivity contribution in [2.75, 3.05) is 19.6 Å². The number of nitrogens with zero attached hydrogens (tertiary/aromatic N) is 3. The van der Waals surface area contributed by atoms with Crippen molar-refractivity contribution in [1.29, 1.82) is 0 Å². The second-order valence-corrected chi connectivity index (χ2v) is 8.64. The van der Waals surface area contributed by atoms with Gasteiger partial charge in [-0.1, -0.05) is 19.1 Å². The Kier molecular flexibility index (Phi) is 9.39. The Morgan fingerprint density at radius 2 is 1.81 bits per heavy atom. The maximum atomic E-state index is 13.8. The Labute approximate surface area is 184 Å². The molecule has 0 aromatic rings. The third-order valence-corrected chi connectivity index (χ3v) is 4.91. The van der Waals surface area contributed by atoms with Crippen LogP contribution >= 0.6 is 0 Å². The summed E-state index contributed by atoms with van der Waals surface area (Å²) in [5.74, 6) is 0. The number of hydrogen-bond donors (Lipinski definition) is 0. The van der Waals surface area contributed by atoms with E-state index in [0.29, 0.717) is 31.0 Å². The molecule has 1 fully saturated rings. The highest BCUT2D eigenvalue weighted by Crippen LogP contribution is 2.35. The molecule has 1 aliphatic rings. The minimum atomic E-state index is -4.50. The summed E-state index contributed by atoms with van der Waals surface area (Å²) >= 11 is 0. The first-order chi connectivity index (χ1) is 14.2. The molecule has 0 spiro atoms. The summed E-state index contributed by atoms with van der Waals surface area (Å²) in [5.41, 5.74) is -0.443. The number of rotatable bonds is 5. The highest BCUT2D eigenvalue weighted by Gasteiger charge is 2.39. The zero-order valence-electron chi connectivity index (χ0n) is 19.9. The third kappa shape index (κ3) is 7.74. The monoisotopic (exact) mass is 443 g/mol. The molecule has 0 saturated carbocycles. The van der Waals surface area contributed by atoms with Crippen LogP contribution in [0.5, 0.6) is 0 Å². The number of allylic oxidation sites excluding steroid dienone is 5. The van der Waals surface area contributed by atoms with Crippen LogP contribution in [0.25, 0.3) is 0 Å². The predicted octanol–water partition coefficient (Wildman–Crippen LogP) is 6.09. The summed E-state index contributed by atoms with van der Waals surface area (Å²) in [6.07, 6.45) is 0.250. The van der Waals surface area contributed by atoms with Crippen LogP contribution in [0.1, 0.15) is 61.8 Å². The van der Waals surface area contributed by atoms with Crippen molar-refractivity contribution >= 4 is 11.8 Å². The lowest BCUT2D eigenvalue weighted by Gasteiger charge is -2.42. The molecular weight excluding hydrogens is 407 g/mol. The zero-order valence-corrected chi connectivity index (χ0v) is 19.9. The van der Waals surface area contributed by atoms with Gasteiger partial charge < -0.3 is 14.5 Å². The van der Waals surface area contributed by atoms with Crippen LogP contribution < -0.4 is 0 Å². The molecule has 5 nitrogen and oxygen atoms in total. The molecule has 0 aliphatic carbocycles. The van der Waals surface area contributed by atoms with E-state index >= 15 is 0 Å². The molecule has 8 heteroatoms. The normalized spacial score (nSPS) is 20.3. The van der Waals surface area contributed by atoms with Crippen molar-refractivity contribution in [2.45, 2.75) is 79.6 Å². The van der Waals surface area contributed by atoms with Gasteiger partial charge in [-0.3, -0.25) is 4.99 Å². The molecule has 176 valence electrons. The molecule has 1 atom stereocenters. The molecule has 0 aromatic carbocycles. The fourth-order valence-electron chi connectivity index (χ4n) is 3.53. The van der Waals surface area contributed by atoms with Gasteiger partial charge in [-0.15, -0.1) is 0 Å². The second-order valence-electron chi connectivity index (χ2n) is 8.64. The molecule has 1 unspecified atom stereocenters. The number of carbonyl (C=O) groups is 1. The van der Waals surface area contributed by atoms with Crippen molar-refractivity contribution < 1.29 is 22.7 Å². The minimum absolute atomic E-state index is 0.0771. The summed E-state index contributed by atoms with van der Waals surface area (Å²) in [5, 5.41) is 0. The Balaban J connectivity index is 3.30. The van der Waals surface area contributed by atoms with Crippen molar-refractivity contribution in [3.63, 3.8) is 0 Å². The van der Waals surface area contributed by atoms with E-state index in [0.717, 1.165) is 12.5 Å². The molecule has 0 bridgehead atoms. The summed E-state index contributed by atoms with van der Waals surface area (Å²) in [6.45, 7) is 15.0. The smallest absolute Gasteiger partial charge is 0.416 e. The lowest BCUT2D eigenvalue weighted by molar-refractivity contribution is -0.0891. The molecule has 1 rings (SSSR count). The van der Waals surface area contributed by atoms with Crippen LogP contribution in [0.15, 0.2) is 40.2 Å². The highest BCUT2D eigenvalue weighted by molar-refractivity contribution is 6.03. The minimum Gasteiger partial charge on any atom is -0.444 e. The van der Waals surface area contributed by atoms with Gasteiger partial charge in [-0.25, -0.2) is 4.79 Å². The summed E-state index contributed by atoms with van der Waals surface area (Å²) in [7, 11) is 0. The molecule has 1 amide bonds. The van der Waals surface area contributed by atoms with Crippen LogP contribution in [-0.2, 0) is 4.74 Å². The topological polar surface area (TPSA) is 45.1 Å². The fourth-order valence-corrected chi connectivity index (χ4v) is 3.53. The van der Waals surface area contributed by atoms with E-state index in [1.54, 1.807) is 45.6 Å². The Bertz CT molecular complexity index is 759. The quantitative estimate of drug-likeness (QED) is 0.381. The first-order valence-electron chi connectivity index (χ1n) is 10.6. The average molecular weight is 444 g/mol. The standard InChI is InChI=1S/C23H36F3N3O2/c1-9-11-12-27-17(4)20(19(10-2)23(24,25)26)18(5)29-14-13-28(15-16(29)3)21(30)31-22(6,7)8/h10-12,16H,9,13-15H2,1-8H3/b12-11+,19-10+,20-18-,27-17+. The van der Waals surface area contributed by atoms with Gasteiger partial charge in [0.15, 0.2) is 0 Å². The molecule has 0 N–H and O–H groups in total. The number of alkyl halides is 3. The van der Waals surface area contributed by atoms with Crippen LogP contribution in [0, 0.1) is 0 Å². The summed E-state index contributed by atoms with van der Waals surface area (Å²) in [6, 6.07) is -0.179. The molecular formula is C23H36F3N3O2. The van der Waals surface area contributed by atoms with Crippen LogP contribution in [0.3, 0.4) is 0 Å². The second kappa shape index (κ2) is 10.9. The van der Waals surface area contributed by atoms with E-state index in [4.69, 9.17) is 4.74 Å². The average Bonchev–Trinajstić information content (AvgIpc) is 2.63. The number of amides is 1. The number of hydrogen-bond acceptors (Lipinski definition) is 4. The predicted molar refractivity (Wildman–Crippen MR) is 119 cm³/mol. The number of aliphatic imine (C=N–C) groups is 1. The molecule has 1 aliphatic heterocycles. The maximum Gasteiger partial charge on any atom is 0.416 e. The van der Waals surface area contributed by atoms with Gasteiger partial charge in [0.05, 0.1) is 5.57 Å². The third-order valence-electron chi connectivity index (χ3n) is 4.91. The van der Waals surface area contributed by atoms with Crippen molar-refractivity contribution in [3.8, 4) is 0 Å². The van der Waals surface area contributed by atoms with Crippen molar-refractivity contribution in [1.82, 2.24) is 9.80 Å². The maximum absolute atomic E-state index is 13.8. The van der Waals surface area contributed by atoms with Crippen LogP contribution in [0.2, 0.25) is 0 Å². The van der Waals surface area contributed by atoms with Crippen molar-refractivity contribution in [2.24, 2.45) is 4.99 Å². The number of ether oxygens (including phenoxy) is 1. The lowest BCUT2D eigenvalue weighted by Crippen LogP contribution is -2.54. The Morgan fingerprint density at radius 1 is 1.19 bits per heavy atom. The molecule has 0 aromatic heterocycles. The Morgan fingerprint density at radius 3 is 2.26 bits per heavy atom. The SMILES string of the molecule is C\C=C(C(/C(C)=N/C=C/CC)=C(/C)N1CCN(C(=O)OC(C)(C)C)CC1C)\C(F)(F)F. The van der Waals surface area contributed by atoms with Gasteiger partial charge in [0.1, 0.15) is 5.60 Å². The van der Waals surface area contributed by atoms with E-state index in [1.165, 1.54) is 13.1 Å². The van der Waals surface area contributed by atoms with Gasteiger partial charge in [0.2, 0.25) is 0 Å². The molecule has 1 saturated heterocycles. The van der Waals surface area contributed by atoms with Gasteiger partial charge >= 0.3 is 12.3 Å². The van der Waals surface area contributed by atoms with E-state index < -0.39 is 23.4 Å². The van der Waals surface area contributed by atoms with E-state index in [-0.39, 0.29) is 11.6 Å². The Hall–Kier alpha value is -2.25. The number of halogens is 3. The summed E-state index contributed by atoms with van der Waals surface area (Å²) in [4.78, 5) is 20.2. The van der Waals surface area contributed by atoms with Gasteiger partial charge in [-0.05, 0) is 54.9 Å². The molecule has 1 heterocycles. The van der Waals surface area contributed by atoms with Gasteiger partial charge in [0, 0.05) is 48.9 Å². The highest BCUT2D eigenvalue weighted by atomic mass is 19.4. The van der Waals surface area contributed by atoms with Gasteiger partial charge in [0.25, 0.3) is 0 Å². The first-order valence-corrected chi connectivity index (χ1v) is 10.6. The van der Waals surface area contributed by atoms with Crippen LogP contribution in [-0.4, -0.2) is 59.1 Å². The zero-order chi connectivity index (χ0) is 24.0. The van der Waals surface area contributed by atoms with Gasteiger partial charge in [-0.2, -0.15) is 13.2 Å².